The van der Waals surface area contributed by atoms with Crippen molar-refractivity contribution in [3.8, 4) is 11.1 Å². The van der Waals surface area contributed by atoms with E-state index in [1.165, 1.54) is 18.6 Å². The number of carbonyl (C=O) groups excluding carboxylic acids is 2. The summed E-state index contributed by atoms with van der Waals surface area (Å²) in [6, 6.07) is 17.3. The molecule has 0 saturated carbocycles. The molecule has 124 valence electrons. The van der Waals surface area contributed by atoms with E-state index in [4.69, 9.17) is 4.74 Å². The number of rotatable bonds is 5. The van der Waals surface area contributed by atoms with Crippen molar-refractivity contribution in [3.63, 3.8) is 0 Å². The van der Waals surface area contributed by atoms with Gasteiger partial charge in [0.1, 0.15) is 0 Å². The van der Waals surface area contributed by atoms with Crippen molar-refractivity contribution in [3.05, 3.63) is 78.9 Å². The second-order valence-corrected chi connectivity index (χ2v) is 5.16. The van der Waals surface area contributed by atoms with E-state index in [0.717, 1.165) is 11.1 Å². The molecule has 2 aromatic carbocycles. The lowest BCUT2D eigenvalue weighted by molar-refractivity contribution is -0.119. The SMILES string of the molecule is O=C(COC(=O)c1cnccn1)Nc1ccc(-c2ccccc2)cc1. The maximum atomic E-state index is 11.9. The van der Waals surface area contributed by atoms with Crippen molar-refractivity contribution in [1.29, 1.82) is 0 Å². The number of hydrogen-bond donors (Lipinski definition) is 1. The number of nitrogens with zero attached hydrogens (tertiary/aromatic N) is 2. The number of hydrogen-bond acceptors (Lipinski definition) is 5. The normalized spacial score (nSPS) is 10.1. The topological polar surface area (TPSA) is 81.2 Å². The van der Waals surface area contributed by atoms with Crippen LogP contribution in [0.1, 0.15) is 10.5 Å². The number of aromatic nitrogens is 2. The van der Waals surface area contributed by atoms with Crippen molar-refractivity contribution in [1.82, 2.24) is 9.97 Å². The Morgan fingerprint density at radius 3 is 2.32 bits per heavy atom. The number of carbonyl (C=O) groups is 2. The van der Waals surface area contributed by atoms with Gasteiger partial charge in [0, 0.05) is 18.1 Å². The van der Waals surface area contributed by atoms with Crippen molar-refractivity contribution < 1.29 is 14.3 Å². The molecule has 0 aliphatic carbocycles. The summed E-state index contributed by atoms with van der Waals surface area (Å²) in [5.74, 6) is -1.12. The lowest BCUT2D eigenvalue weighted by atomic mass is 10.1. The second kappa shape index (κ2) is 7.83. The maximum absolute atomic E-state index is 11.9. The van der Waals surface area contributed by atoms with Gasteiger partial charge in [0.25, 0.3) is 5.91 Å². The number of benzene rings is 2. The molecule has 1 aromatic heterocycles. The van der Waals surface area contributed by atoms with E-state index in [0.29, 0.717) is 5.69 Å². The number of anilines is 1. The molecule has 0 aliphatic heterocycles. The van der Waals surface area contributed by atoms with Crippen LogP contribution in [0.3, 0.4) is 0 Å². The summed E-state index contributed by atoms with van der Waals surface area (Å²) < 4.78 is 4.90. The molecule has 6 nitrogen and oxygen atoms in total. The van der Waals surface area contributed by atoms with Crippen molar-refractivity contribution in [2.24, 2.45) is 0 Å². The zero-order valence-electron chi connectivity index (χ0n) is 13.3. The van der Waals surface area contributed by atoms with Crippen LogP contribution in [0.2, 0.25) is 0 Å². The van der Waals surface area contributed by atoms with Crippen molar-refractivity contribution >= 4 is 17.6 Å². The fourth-order valence-electron chi connectivity index (χ4n) is 2.18. The summed E-state index contributed by atoms with van der Waals surface area (Å²) >= 11 is 0. The van der Waals surface area contributed by atoms with Crippen LogP contribution in [0.4, 0.5) is 5.69 Å². The van der Waals surface area contributed by atoms with E-state index < -0.39 is 18.5 Å². The molecule has 3 rings (SSSR count). The Morgan fingerprint density at radius 2 is 1.64 bits per heavy atom. The monoisotopic (exact) mass is 333 g/mol. The lowest BCUT2D eigenvalue weighted by Gasteiger charge is -2.07. The fraction of sp³-hybridized carbons (Fsp3) is 0.0526. The summed E-state index contributed by atoms with van der Waals surface area (Å²) in [5, 5.41) is 2.68. The highest BCUT2D eigenvalue weighted by Crippen LogP contribution is 2.20. The average molecular weight is 333 g/mol. The third-order valence-electron chi connectivity index (χ3n) is 3.38. The average Bonchev–Trinajstić information content (AvgIpc) is 2.68. The number of amides is 1. The molecule has 6 heteroatoms. The van der Waals surface area contributed by atoms with E-state index in [-0.39, 0.29) is 5.69 Å². The molecule has 0 bridgehead atoms. The number of nitrogens with one attached hydrogen (secondary N) is 1. The summed E-state index contributed by atoms with van der Waals surface area (Å²) in [6.45, 7) is -0.393. The highest BCUT2D eigenvalue weighted by molar-refractivity contribution is 5.94. The zero-order chi connectivity index (χ0) is 17.5. The minimum atomic E-state index is -0.692. The van der Waals surface area contributed by atoms with Gasteiger partial charge in [-0.15, -0.1) is 0 Å². The largest absolute Gasteiger partial charge is 0.451 e. The predicted octanol–water partition coefficient (Wildman–Crippen LogP) is 2.94. The molecule has 0 unspecified atom stereocenters. The van der Waals surface area contributed by atoms with Gasteiger partial charge < -0.3 is 10.1 Å². The quantitative estimate of drug-likeness (QED) is 0.726. The summed E-state index contributed by atoms with van der Waals surface area (Å²) in [6.07, 6.45) is 4.11. The molecule has 1 N–H and O–H groups in total. The van der Waals surface area contributed by atoms with Crippen LogP contribution < -0.4 is 5.32 Å². The Hall–Kier alpha value is -3.54. The van der Waals surface area contributed by atoms with Gasteiger partial charge >= 0.3 is 5.97 Å². The maximum Gasteiger partial charge on any atom is 0.359 e. The number of ether oxygens (including phenoxy) is 1. The smallest absolute Gasteiger partial charge is 0.359 e. The first-order valence-corrected chi connectivity index (χ1v) is 7.61. The van der Waals surface area contributed by atoms with E-state index in [9.17, 15) is 9.59 Å². The molecule has 0 spiro atoms. The molecule has 1 amide bonds. The van der Waals surface area contributed by atoms with E-state index in [1.807, 2.05) is 42.5 Å². The van der Waals surface area contributed by atoms with Gasteiger partial charge in [-0.2, -0.15) is 0 Å². The molecule has 0 saturated heterocycles. The lowest BCUT2D eigenvalue weighted by Crippen LogP contribution is -2.21. The Morgan fingerprint density at radius 1 is 0.920 bits per heavy atom. The third-order valence-corrected chi connectivity index (χ3v) is 3.38. The minimum Gasteiger partial charge on any atom is -0.451 e. The summed E-state index contributed by atoms with van der Waals surface area (Å²) in [7, 11) is 0. The van der Waals surface area contributed by atoms with Crippen LogP contribution in [0.25, 0.3) is 11.1 Å². The third kappa shape index (κ3) is 4.48. The Labute approximate surface area is 144 Å². The van der Waals surface area contributed by atoms with E-state index in [1.54, 1.807) is 12.1 Å². The first-order chi connectivity index (χ1) is 12.2. The molecule has 1 heterocycles. The molecule has 3 aromatic rings. The van der Waals surface area contributed by atoms with Gasteiger partial charge in [0.2, 0.25) is 0 Å². The fourth-order valence-corrected chi connectivity index (χ4v) is 2.18. The molecular formula is C19H15N3O3. The van der Waals surface area contributed by atoms with Crippen LogP contribution in [0.5, 0.6) is 0 Å². The highest BCUT2D eigenvalue weighted by Gasteiger charge is 2.11. The summed E-state index contributed by atoms with van der Waals surface area (Å²) in [4.78, 5) is 31.2. The minimum absolute atomic E-state index is 0.0579. The van der Waals surface area contributed by atoms with Gasteiger partial charge in [0.05, 0.1) is 6.20 Å². The highest BCUT2D eigenvalue weighted by atomic mass is 16.5. The molecule has 0 aliphatic rings. The zero-order valence-corrected chi connectivity index (χ0v) is 13.3. The van der Waals surface area contributed by atoms with Crippen LogP contribution in [-0.4, -0.2) is 28.5 Å². The van der Waals surface area contributed by atoms with Crippen LogP contribution >= 0.6 is 0 Å². The molecule has 0 fully saturated rings. The standard InChI is InChI=1S/C19H15N3O3/c23-18(13-25-19(24)17-12-20-10-11-21-17)22-16-8-6-15(7-9-16)14-4-2-1-3-5-14/h1-12H,13H2,(H,22,23). The molecule has 25 heavy (non-hydrogen) atoms. The van der Waals surface area contributed by atoms with Crippen LogP contribution in [-0.2, 0) is 9.53 Å². The number of esters is 1. The first kappa shape index (κ1) is 16.3. The Balaban J connectivity index is 1.54. The van der Waals surface area contributed by atoms with Gasteiger partial charge in [-0.1, -0.05) is 42.5 Å². The van der Waals surface area contributed by atoms with E-state index in [2.05, 4.69) is 15.3 Å². The van der Waals surface area contributed by atoms with Gasteiger partial charge in [-0.3, -0.25) is 9.78 Å². The van der Waals surface area contributed by atoms with Crippen molar-refractivity contribution in [2.75, 3.05) is 11.9 Å². The predicted molar refractivity (Wildman–Crippen MR) is 92.8 cm³/mol. The van der Waals surface area contributed by atoms with Crippen LogP contribution in [0, 0.1) is 0 Å². The molecular weight excluding hydrogens is 318 g/mol. The molecule has 0 radical (unpaired) electrons. The van der Waals surface area contributed by atoms with Gasteiger partial charge in [0.15, 0.2) is 12.3 Å². The van der Waals surface area contributed by atoms with Gasteiger partial charge in [-0.25, -0.2) is 9.78 Å². The second-order valence-electron chi connectivity index (χ2n) is 5.16. The van der Waals surface area contributed by atoms with Crippen molar-refractivity contribution in [2.45, 2.75) is 0 Å². The molecule has 0 atom stereocenters. The Kier molecular flexibility index (Phi) is 5.11. The summed E-state index contributed by atoms with van der Waals surface area (Å²) in [5.41, 5.74) is 2.83. The van der Waals surface area contributed by atoms with E-state index >= 15 is 0 Å². The van der Waals surface area contributed by atoms with Gasteiger partial charge in [-0.05, 0) is 23.3 Å². The first-order valence-electron chi connectivity index (χ1n) is 7.61. The Bertz CT molecular complexity index is 850. The van der Waals surface area contributed by atoms with Crippen LogP contribution in [0.15, 0.2) is 73.2 Å².